The number of nitrogens with two attached hydrogens (primary N) is 5. The van der Waals surface area contributed by atoms with E-state index in [2.05, 4.69) is 59.8 Å². The molecule has 11 unspecified atom stereocenters. The normalized spacial score (nSPS) is 29.1. The number of rotatable bonds is 52. The van der Waals surface area contributed by atoms with E-state index in [1.165, 1.54) is 98.5 Å². The van der Waals surface area contributed by atoms with Crippen LogP contribution in [-0.4, -0.2) is 355 Å². The molecule has 15 rings (SSSR count). The SMILES string of the molecule is CC[C@H]1O[C@@H](n2cnc3c(N)ncnc32)CC1OP(O)(=S)OC[C@H]1O[C@@H](n2cc(C)c(N)nc2=O)[C@@H](OCCOC)C1OP(=O)(O)OC[C@H]1O[C@@H](n2cnc3c(N)ncnc32)[C@@H](OCCOC)C1OP(O)(=S)OC[C@H]1O[C@@H](n2cnc3c(=O)[nH]c(N)nc32)[C@@H](OCCOC)C1OP(=O)(O)OC[C@H]1O[C@@H](n2cc(C)c(N)nc2=O)[C@@H](OCCOC)C1OP(O)(=S)OC[C@H]1O[C@@H](n2cc(C)c(=O)[nH]c2=O)[C@@H](OCCOC)C1O. The molecule has 62 nitrogen and oxygen atoms in total. The van der Waals surface area contributed by atoms with Crippen LogP contribution in [0.25, 0.3) is 33.5 Å². The molecule has 28 atom stereocenters. The molecule has 0 saturated carbocycles. The summed E-state index contributed by atoms with van der Waals surface area (Å²) in [5.41, 5.74) is 26.9. The Morgan fingerprint density at radius 2 is 0.753 bits per heavy atom. The molecule has 6 aliphatic heterocycles. The standard InChI is InChI=1S/C76H110N23O39P5S3/c1-10-38-39(21-45(128-38)97-32-86-46-61(79)82-30-84-63(46)97)134-141(110,144)126-28-43-50(55(119-17-12-114-6)69(131-43)94-22-35(2)59(77)89-74(94)103)135-139(106,107)124-27-42-53(58(122-20-15-117-9)71(132-42)98-33-87-47-62(80)83-31-85-64(47)98)138-143(112,146)127-29-44-51(56(120-18-13-115-7)72(133-44)99-34-88-48-65(99)91-73(81)92-67(48)102)136-140(108,109)123-26-41-52(57(121-19-14-116-8)70(130-41)95-23-36(3)60(78)90-75(95)104)137-142(111,145)125-25-40-49(100)54(118-16-11-113-5)68(129-40)96-24-37(4)66(101)93-76(96)105/h22-24,30-34,38-45,49-58,68-72,100H,10-21,25-29H2,1-9H3,(H,106,107)(H,108,109)(H,110,144)(H,111,145)(H,112,146)(H2,77,89,103)(H2,78,90,104)(H2,79,82,84)(H2,80,83,85)(H,93,101,105)(H3,81,91,92,102)/t38-,39?,40-,41-,42-,43-,44-,45-,49?,50?,51?,52?,53?,54+,55+,56+,57+,58+,68-,69-,70-,71-,72-,141?,142?,143?/m1/s1. The smallest absolute Gasteiger partial charge is 0.387 e. The molecule has 9 aromatic heterocycles. The molecular weight excluding hydrogens is 2110 g/mol. The second-order valence-corrected chi connectivity index (χ2v) is 44.6. The number of methoxy groups -OCH3 is 5. The van der Waals surface area contributed by atoms with E-state index in [0.29, 0.717) is 17.6 Å². The highest BCUT2D eigenvalue weighted by atomic mass is 32.5. The Balaban J connectivity index is 0.724. The summed E-state index contributed by atoms with van der Waals surface area (Å²) < 4.78 is 195. The van der Waals surface area contributed by atoms with Crippen molar-refractivity contribution in [2.45, 2.75) is 182 Å². The highest BCUT2D eigenvalue weighted by Crippen LogP contribution is 2.58. The summed E-state index contributed by atoms with van der Waals surface area (Å²) in [5, 5.41) is 11.8. The Labute approximate surface area is 840 Å². The summed E-state index contributed by atoms with van der Waals surface area (Å²) in [4.78, 5) is 176. The molecule has 0 aliphatic carbocycles. The molecule has 15 heterocycles. The van der Waals surface area contributed by atoms with Crippen LogP contribution in [0, 0.1) is 20.8 Å². The number of nitrogen functional groups attached to an aromatic ring is 5. The Hall–Kier alpha value is -7.98. The maximum Gasteiger partial charge on any atom is 0.472 e. The number of imidazole rings is 3. The zero-order valence-corrected chi connectivity index (χ0v) is 86.0. The van der Waals surface area contributed by atoms with Crippen LogP contribution < -0.4 is 56.9 Å². The van der Waals surface area contributed by atoms with Gasteiger partial charge in [0.2, 0.25) is 5.95 Å². The Morgan fingerprint density at radius 1 is 0.390 bits per heavy atom. The third-order valence-electron chi connectivity index (χ3n) is 23.7. The first kappa shape index (κ1) is 112. The molecule has 0 amide bonds. The fourth-order valence-corrected chi connectivity index (χ4v) is 23.0. The number of phosphoric acid groups is 2. The van der Waals surface area contributed by atoms with Gasteiger partial charge >= 0.3 is 52.9 Å². The number of aryl methyl sites for hydroxylation is 3. The lowest BCUT2D eigenvalue weighted by Gasteiger charge is -2.30. The number of aliphatic hydroxyl groups is 1. The van der Waals surface area contributed by atoms with Gasteiger partial charge in [-0.25, -0.2) is 58.4 Å². The highest BCUT2D eigenvalue weighted by molar-refractivity contribution is 8.07. The summed E-state index contributed by atoms with van der Waals surface area (Å²) >= 11 is 17.2. The molecule has 146 heavy (non-hydrogen) atoms. The van der Waals surface area contributed by atoms with Gasteiger partial charge in [0.1, 0.15) is 133 Å². The molecule has 18 N–H and O–H groups in total. The van der Waals surface area contributed by atoms with Crippen molar-refractivity contribution < 1.29 is 160 Å². The molecule has 6 fully saturated rings. The minimum Gasteiger partial charge on any atom is -0.387 e. The average Bonchev–Trinajstić information content (AvgIpc) is 1.59. The van der Waals surface area contributed by atoms with Crippen LogP contribution in [-0.2, 0) is 166 Å². The second kappa shape index (κ2) is 48.3. The van der Waals surface area contributed by atoms with Crippen molar-refractivity contribution in [3.8, 4) is 0 Å². The molecule has 0 radical (unpaired) electrons. The van der Waals surface area contributed by atoms with Crippen molar-refractivity contribution in [1.82, 2.24) is 87.2 Å². The van der Waals surface area contributed by atoms with E-state index in [9.17, 15) is 53.5 Å². The monoisotopic (exact) mass is 2220 g/mol. The van der Waals surface area contributed by atoms with Crippen LogP contribution in [0.2, 0.25) is 0 Å². The lowest BCUT2D eigenvalue weighted by atomic mass is 10.1. The third kappa shape index (κ3) is 26.0. The minimum absolute atomic E-state index is 0.00839. The van der Waals surface area contributed by atoms with Crippen molar-refractivity contribution in [2.24, 2.45) is 0 Å². The third-order valence-corrected chi connectivity index (χ3v) is 30.4. The van der Waals surface area contributed by atoms with E-state index >= 15 is 9.13 Å². The van der Waals surface area contributed by atoms with Gasteiger partial charge in [-0.1, -0.05) is 6.92 Å². The fourth-order valence-electron chi connectivity index (χ4n) is 16.8. The number of fused-ring (bicyclic) bond motifs is 3. The predicted molar refractivity (Wildman–Crippen MR) is 509 cm³/mol. The zero-order valence-electron chi connectivity index (χ0n) is 79.1. The second-order valence-electron chi connectivity index (χ2n) is 33.4. The Morgan fingerprint density at radius 3 is 1.19 bits per heavy atom. The van der Waals surface area contributed by atoms with E-state index in [4.69, 9.17) is 185 Å². The highest BCUT2D eigenvalue weighted by Gasteiger charge is 2.59. The van der Waals surface area contributed by atoms with Crippen molar-refractivity contribution >= 4 is 134 Å². The molecule has 0 spiro atoms. The molecule has 70 heteroatoms. The van der Waals surface area contributed by atoms with Crippen molar-refractivity contribution in [3.05, 3.63) is 119 Å². The van der Waals surface area contributed by atoms with Crippen molar-refractivity contribution in [1.29, 1.82) is 0 Å². The van der Waals surface area contributed by atoms with E-state index in [-0.39, 0.29) is 135 Å². The summed E-state index contributed by atoms with van der Waals surface area (Å²) in [6, 6.07) is 0. The number of aromatic amines is 2. The van der Waals surface area contributed by atoms with Gasteiger partial charge in [-0.2, -0.15) is 15.0 Å². The first-order valence-electron chi connectivity index (χ1n) is 44.6. The topological polar surface area (TPSA) is 801 Å². The number of phosphoric ester groups is 2. The van der Waals surface area contributed by atoms with Crippen LogP contribution in [0.4, 0.5) is 29.2 Å². The maximum atomic E-state index is 15.4. The van der Waals surface area contributed by atoms with Gasteiger partial charge in [0.05, 0.1) is 130 Å². The zero-order chi connectivity index (χ0) is 105. The van der Waals surface area contributed by atoms with Gasteiger partial charge < -0.3 is 152 Å². The van der Waals surface area contributed by atoms with Crippen LogP contribution in [0.3, 0.4) is 0 Å². The van der Waals surface area contributed by atoms with Gasteiger partial charge in [-0.3, -0.25) is 74.1 Å². The van der Waals surface area contributed by atoms with Crippen LogP contribution in [0.15, 0.2) is 74.2 Å². The predicted octanol–water partition coefficient (Wildman–Crippen LogP) is -1.74. The molecule has 9 aromatic rings. The van der Waals surface area contributed by atoms with Gasteiger partial charge in [-0.15, -0.1) is 0 Å². The first-order valence-corrected chi connectivity index (χ1v) is 55.4. The number of H-pyrrole nitrogens is 2. The van der Waals surface area contributed by atoms with E-state index in [0.717, 1.165) is 30.9 Å². The average molecular weight is 2220 g/mol. The van der Waals surface area contributed by atoms with Crippen molar-refractivity contribution in [2.75, 3.05) is 163 Å². The minimum atomic E-state index is -5.87. The summed E-state index contributed by atoms with van der Waals surface area (Å²) in [6.07, 6.45) is -26.2. The molecule has 0 bridgehead atoms. The number of hydrogen-bond acceptors (Lipinski definition) is 52. The lowest BCUT2D eigenvalue weighted by Crippen LogP contribution is -2.41. The molecule has 806 valence electrons. The number of hydrogen-bond donors (Lipinski definition) is 13. The number of anilines is 5. The first-order chi connectivity index (χ1) is 69.6. The summed E-state index contributed by atoms with van der Waals surface area (Å²) in [6.45, 7) is -15.3. The van der Waals surface area contributed by atoms with Gasteiger partial charge in [-0.05, 0) is 62.6 Å². The number of aliphatic hydroxyl groups excluding tert-OH is 1. The number of nitrogens with zero attached hydrogens (tertiary/aromatic N) is 16. The van der Waals surface area contributed by atoms with Crippen LogP contribution in [0.1, 0.15) is 73.8 Å². The van der Waals surface area contributed by atoms with Crippen molar-refractivity contribution in [3.63, 3.8) is 0 Å². The van der Waals surface area contributed by atoms with Gasteiger partial charge in [0.25, 0.3) is 11.1 Å². The number of aromatic nitrogens is 18. The maximum absolute atomic E-state index is 15.4. The number of nitrogens with one attached hydrogen (secondary N) is 2. The van der Waals surface area contributed by atoms with E-state index < -0.39 is 244 Å². The number of ether oxygens (including phenoxy) is 16. The van der Waals surface area contributed by atoms with Crippen LogP contribution in [0.5, 0.6) is 0 Å². The Bertz CT molecular complexity index is 6640. The van der Waals surface area contributed by atoms with Gasteiger partial charge in [0.15, 0.2) is 65.2 Å². The largest absolute Gasteiger partial charge is 0.472 e. The molecule has 6 saturated heterocycles. The van der Waals surface area contributed by atoms with Crippen LogP contribution >= 0.6 is 35.8 Å². The molecule has 0 aromatic carbocycles. The fraction of sp³-hybridized carbons (Fsp3) is 0.645. The quantitative estimate of drug-likeness (QED) is 0.0149. The summed E-state index contributed by atoms with van der Waals surface area (Å²) in [7, 11) is -4.89. The molecular formula is C76H110N23O39P5S3. The van der Waals surface area contributed by atoms with E-state index in [1.54, 1.807) is 11.5 Å². The lowest BCUT2D eigenvalue weighted by molar-refractivity contribution is -0.0842. The van der Waals surface area contributed by atoms with Gasteiger partial charge in [0, 0.05) is 77.3 Å². The Kier molecular flexibility index (Phi) is 37.1. The van der Waals surface area contributed by atoms with E-state index in [1.807, 2.05) is 0 Å². The summed E-state index contributed by atoms with van der Waals surface area (Å²) in [5.74, 6) is -0.771. The molecule has 6 aliphatic rings.